The summed E-state index contributed by atoms with van der Waals surface area (Å²) in [5, 5.41) is 18.2. The molecule has 2 aromatic rings. The van der Waals surface area contributed by atoms with Crippen molar-refractivity contribution >= 4 is 0 Å². The van der Waals surface area contributed by atoms with Gasteiger partial charge >= 0.3 is 0 Å². The number of hydrogen-bond acceptors (Lipinski definition) is 2. The van der Waals surface area contributed by atoms with E-state index in [1.165, 1.54) is 0 Å². The van der Waals surface area contributed by atoms with E-state index in [2.05, 4.69) is 0 Å². The van der Waals surface area contributed by atoms with Crippen molar-refractivity contribution in [3.63, 3.8) is 0 Å². The van der Waals surface area contributed by atoms with Gasteiger partial charge in [0.1, 0.15) is 0 Å². The fourth-order valence-corrected chi connectivity index (χ4v) is 1.95. The lowest BCUT2D eigenvalue weighted by molar-refractivity contribution is 0.0758. The summed E-state index contributed by atoms with van der Waals surface area (Å²) in [6.45, 7) is -0.195. The van der Waals surface area contributed by atoms with Gasteiger partial charge in [0.25, 0.3) is 0 Å². The van der Waals surface area contributed by atoms with Crippen molar-refractivity contribution in [3.05, 3.63) is 66.1 Å². The first kappa shape index (κ1) is 12.7. The molecule has 0 aromatic heterocycles. The highest BCUT2D eigenvalue weighted by Gasteiger charge is 2.13. The summed E-state index contributed by atoms with van der Waals surface area (Å²) >= 11 is 0. The van der Waals surface area contributed by atoms with Crippen LogP contribution < -0.4 is 0 Å². The Labute approximate surface area is 105 Å². The minimum atomic E-state index is -2.04. The molecule has 0 saturated carbocycles. The largest absolute Gasteiger partial charge is 0.392 e. The molecule has 0 spiro atoms. The Morgan fingerprint density at radius 1 is 1.06 bits per heavy atom. The molecule has 0 bridgehead atoms. The molecule has 18 heavy (non-hydrogen) atoms. The molecule has 0 saturated heterocycles. The van der Waals surface area contributed by atoms with Crippen LogP contribution in [0.5, 0.6) is 0 Å². The average molecular weight is 245 g/mol. The summed E-state index contributed by atoms with van der Waals surface area (Å²) in [5.74, 6) is 0. The van der Waals surface area contributed by atoms with Crippen LogP contribution >= 0.6 is 0 Å². The van der Waals surface area contributed by atoms with Crippen LogP contribution in [-0.4, -0.2) is 16.6 Å². The van der Waals surface area contributed by atoms with Crippen LogP contribution in [0.15, 0.2) is 48.5 Å². The highest BCUT2D eigenvalue weighted by molar-refractivity contribution is 5.70. The molecular weight excluding hydrogens is 231 g/mol. The smallest absolute Gasteiger partial charge is 0.204 e. The molecule has 1 radical (unpaired) electrons. The number of halogens is 1. The van der Waals surface area contributed by atoms with E-state index in [0.29, 0.717) is 11.1 Å². The third-order valence-electron chi connectivity index (χ3n) is 2.76. The summed E-state index contributed by atoms with van der Waals surface area (Å²) in [6, 6.07) is 14.8. The van der Waals surface area contributed by atoms with Gasteiger partial charge in [0, 0.05) is 0 Å². The van der Waals surface area contributed by atoms with E-state index in [9.17, 15) is 9.50 Å². The lowest BCUT2D eigenvalue weighted by Crippen LogP contribution is -2.04. The quantitative estimate of drug-likeness (QED) is 0.869. The molecule has 2 nitrogen and oxygen atoms in total. The average Bonchev–Trinajstić information content (AvgIpc) is 2.39. The molecule has 0 aliphatic heterocycles. The maximum Gasteiger partial charge on any atom is 0.204 e. The second-order valence-electron chi connectivity index (χ2n) is 3.94. The summed E-state index contributed by atoms with van der Waals surface area (Å²) in [6.07, 6.45) is -0.936. The lowest BCUT2D eigenvalue weighted by atomic mass is 9.93. The minimum Gasteiger partial charge on any atom is -0.392 e. The zero-order valence-electron chi connectivity index (χ0n) is 9.75. The van der Waals surface area contributed by atoms with Crippen LogP contribution in [0.25, 0.3) is 11.1 Å². The van der Waals surface area contributed by atoms with E-state index in [1.807, 2.05) is 36.4 Å². The zero-order chi connectivity index (χ0) is 13.0. The molecule has 0 aliphatic rings. The first-order valence-corrected chi connectivity index (χ1v) is 5.67. The SMILES string of the molecule is OCc1cccc(-c2ccccc2)c1[CH]C(O)F. The van der Waals surface area contributed by atoms with E-state index in [0.717, 1.165) is 17.5 Å². The normalized spacial score (nSPS) is 12.4. The Morgan fingerprint density at radius 3 is 2.39 bits per heavy atom. The molecule has 0 aliphatic carbocycles. The number of alkyl halides is 1. The van der Waals surface area contributed by atoms with Crippen molar-refractivity contribution in [2.45, 2.75) is 13.0 Å². The molecular formula is C15H14FO2. The second kappa shape index (κ2) is 5.76. The van der Waals surface area contributed by atoms with Crippen molar-refractivity contribution in [3.8, 4) is 11.1 Å². The molecule has 0 amide bonds. The maximum atomic E-state index is 12.8. The summed E-state index contributed by atoms with van der Waals surface area (Å²) in [5.41, 5.74) is 2.83. The van der Waals surface area contributed by atoms with Gasteiger partial charge in [0.2, 0.25) is 6.36 Å². The Bertz CT molecular complexity index is 509. The second-order valence-corrected chi connectivity index (χ2v) is 3.94. The number of benzene rings is 2. The summed E-state index contributed by atoms with van der Waals surface area (Å²) < 4.78 is 12.8. The van der Waals surface area contributed by atoms with E-state index in [4.69, 9.17) is 5.11 Å². The molecule has 1 atom stereocenters. The fraction of sp³-hybridized carbons (Fsp3) is 0.133. The van der Waals surface area contributed by atoms with Crippen molar-refractivity contribution in [2.75, 3.05) is 0 Å². The highest BCUT2D eigenvalue weighted by Crippen LogP contribution is 2.28. The first-order chi connectivity index (χ1) is 8.72. The summed E-state index contributed by atoms with van der Waals surface area (Å²) in [7, 11) is 0. The van der Waals surface area contributed by atoms with Gasteiger partial charge in [-0.05, 0) is 22.3 Å². The maximum absolute atomic E-state index is 12.8. The van der Waals surface area contributed by atoms with Crippen molar-refractivity contribution in [2.24, 2.45) is 0 Å². The van der Waals surface area contributed by atoms with E-state index < -0.39 is 6.36 Å². The van der Waals surface area contributed by atoms with Crippen LogP contribution in [0.3, 0.4) is 0 Å². The van der Waals surface area contributed by atoms with E-state index in [-0.39, 0.29) is 6.61 Å². The zero-order valence-corrected chi connectivity index (χ0v) is 9.75. The van der Waals surface area contributed by atoms with Gasteiger partial charge in [-0.2, -0.15) is 0 Å². The Morgan fingerprint density at radius 2 is 1.78 bits per heavy atom. The van der Waals surface area contributed by atoms with Crippen LogP contribution in [-0.2, 0) is 6.61 Å². The molecule has 3 heteroatoms. The molecule has 0 heterocycles. The Kier molecular flexibility index (Phi) is 4.07. The molecule has 2 rings (SSSR count). The van der Waals surface area contributed by atoms with Gasteiger partial charge in [0.15, 0.2) is 0 Å². The number of aliphatic hydroxyl groups is 2. The van der Waals surface area contributed by atoms with Crippen LogP contribution in [0.1, 0.15) is 11.1 Å². The number of aliphatic hydroxyl groups excluding tert-OH is 2. The van der Waals surface area contributed by atoms with Crippen LogP contribution in [0.2, 0.25) is 0 Å². The molecule has 0 fully saturated rings. The standard InChI is InChI=1S/C15H14FO2/c16-15(18)9-14-12(10-17)7-4-8-13(14)11-5-2-1-3-6-11/h1-9,15,17-18H,10H2. The van der Waals surface area contributed by atoms with Crippen LogP contribution in [0, 0.1) is 6.42 Å². The number of rotatable bonds is 4. The van der Waals surface area contributed by atoms with E-state index >= 15 is 0 Å². The van der Waals surface area contributed by atoms with Crippen molar-refractivity contribution < 1.29 is 14.6 Å². The molecule has 2 N–H and O–H groups in total. The predicted molar refractivity (Wildman–Crippen MR) is 68.3 cm³/mol. The number of hydrogen-bond donors (Lipinski definition) is 2. The van der Waals surface area contributed by atoms with Gasteiger partial charge < -0.3 is 10.2 Å². The van der Waals surface area contributed by atoms with Gasteiger partial charge in [0.05, 0.1) is 13.0 Å². The molecule has 93 valence electrons. The Balaban J connectivity index is 2.52. The van der Waals surface area contributed by atoms with Crippen LogP contribution in [0.4, 0.5) is 4.39 Å². The third-order valence-corrected chi connectivity index (χ3v) is 2.76. The fourth-order valence-electron chi connectivity index (χ4n) is 1.95. The van der Waals surface area contributed by atoms with Gasteiger partial charge in [-0.15, -0.1) is 0 Å². The van der Waals surface area contributed by atoms with Crippen molar-refractivity contribution in [1.29, 1.82) is 0 Å². The third kappa shape index (κ3) is 2.75. The van der Waals surface area contributed by atoms with Gasteiger partial charge in [-0.3, -0.25) is 0 Å². The minimum absolute atomic E-state index is 0.195. The highest BCUT2D eigenvalue weighted by atomic mass is 19.1. The summed E-state index contributed by atoms with van der Waals surface area (Å²) in [4.78, 5) is 0. The molecule has 2 aromatic carbocycles. The Hall–Kier alpha value is -1.71. The van der Waals surface area contributed by atoms with Gasteiger partial charge in [-0.25, -0.2) is 4.39 Å². The first-order valence-electron chi connectivity index (χ1n) is 5.67. The van der Waals surface area contributed by atoms with Gasteiger partial charge in [-0.1, -0.05) is 48.5 Å². The predicted octanol–water partition coefficient (Wildman–Crippen LogP) is 2.69. The van der Waals surface area contributed by atoms with Crippen molar-refractivity contribution in [1.82, 2.24) is 0 Å². The topological polar surface area (TPSA) is 40.5 Å². The monoisotopic (exact) mass is 245 g/mol. The molecule has 1 unspecified atom stereocenters. The van der Waals surface area contributed by atoms with E-state index in [1.54, 1.807) is 12.1 Å². The lowest BCUT2D eigenvalue weighted by Gasteiger charge is -2.13.